The highest BCUT2D eigenvalue weighted by Gasteiger charge is 2.36. The molecule has 2 heterocycles. The smallest absolute Gasteiger partial charge is 0.326 e. The van der Waals surface area contributed by atoms with Crippen LogP contribution in [0.5, 0.6) is 0 Å². The fourth-order valence-electron chi connectivity index (χ4n) is 4.08. The molecule has 2 amide bonds. The summed E-state index contributed by atoms with van der Waals surface area (Å²) in [6.07, 6.45) is 0. The Labute approximate surface area is 200 Å². The fourth-order valence-corrected chi connectivity index (χ4v) is 4.21. The van der Waals surface area contributed by atoms with Crippen LogP contribution in [0.25, 0.3) is 17.0 Å². The summed E-state index contributed by atoms with van der Waals surface area (Å²) < 4.78 is 19.4. The van der Waals surface area contributed by atoms with E-state index in [1.165, 1.54) is 12.1 Å². The van der Waals surface area contributed by atoms with E-state index >= 15 is 0 Å². The van der Waals surface area contributed by atoms with E-state index in [9.17, 15) is 9.18 Å². The van der Waals surface area contributed by atoms with Crippen molar-refractivity contribution in [3.05, 3.63) is 106 Å². The summed E-state index contributed by atoms with van der Waals surface area (Å²) in [5.74, 6) is 0.0897. The van der Waals surface area contributed by atoms with Gasteiger partial charge in [-0.1, -0.05) is 53.2 Å². The summed E-state index contributed by atoms with van der Waals surface area (Å²) in [6.45, 7) is 3.80. The van der Waals surface area contributed by atoms with Crippen molar-refractivity contribution in [1.29, 1.82) is 0 Å². The summed E-state index contributed by atoms with van der Waals surface area (Å²) in [4.78, 5) is 19.4. The molecule has 1 aliphatic heterocycles. The van der Waals surface area contributed by atoms with Gasteiger partial charge in [-0.2, -0.15) is 4.98 Å². The van der Waals surface area contributed by atoms with Crippen molar-refractivity contribution < 1.29 is 13.7 Å². The van der Waals surface area contributed by atoms with Crippen LogP contribution in [0.15, 0.2) is 83.0 Å². The number of hydrogen-bond donors (Lipinski definition) is 1. The van der Waals surface area contributed by atoms with Crippen molar-refractivity contribution in [3.63, 3.8) is 0 Å². The molecule has 0 radical (unpaired) electrons. The number of nitrogens with zero attached hydrogens (tertiary/aromatic N) is 3. The van der Waals surface area contributed by atoms with Gasteiger partial charge < -0.3 is 9.84 Å². The molecule has 1 atom stereocenters. The second-order valence-electron chi connectivity index (χ2n) is 8.04. The van der Waals surface area contributed by atoms with E-state index in [-0.39, 0.29) is 17.7 Å². The maximum atomic E-state index is 13.7. The van der Waals surface area contributed by atoms with Gasteiger partial charge in [-0.25, -0.2) is 9.18 Å². The molecule has 170 valence electrons. The standard InChI is InChI=1S/C26H20ClFN4O2/c1-15-5-3-8-21(13-15)32-16(2)22(23(29-26(32)33)17-9-11-19(27)12-10-17)25-30-24(31-34-25)18-6-4-7-20(28)14-18/h3-14,23H,1-2H3,(H,29,33). The first-order chi connectivity index (χ1) is 16.4. The Kier molecular flexibility index (Phi) is 5.63. The van der Waals surface area contributed by atoms with Gasteiger partial charge in [0, 0.05) is 16.3 Å². The lowest BCUT2D eigenvalue weighted by atomic mass is 9.94. The van der Waals surface area contributed by atoms with Crippen LogP contribution < -0.4 is 10.2 Å². The molecule has 6 nitrogen and oxygen atoms in total. The summed E-state index contributed by atoms with van der Waals surface area (Å²) >= 11 is 6.08. The Morgan fingerprint density at radius 3 is 2.53 bits per heavy atom. The van der Waals surface area contributed by atoms with E-state index in [0.717, 1.165) is 11.1 Å². The summed E-state index contributed by atoms with van der Waals surface area (Å²) in [5.41, 5.74) is 4.31. The minimum Gasteiger partial charge on any atom is -0.334 e. The highest BCUT2D eigenvalue weighted by Crippen LogP contribution is 2.39. The molecule has 0 saturated carbocycles. The summed E-state index contributed by atoms with van der Waals surface area (Å²) in [6, 6.07) is 20.0. The zero-order valence-corrected chi connectivity index (χ0v) is 19.2. The number of rotatable bonds is 4. The topological polar surface area (TPSA) is 71.3 Å². The van der Waals surface area contributed by atoms with Crippen molar-refractivity contribution in [2.24, 2.45) is 0 Å². The van der Waals surface area contributed by atoms with E-state index in [4.69, 9.17) is 16.1 Å². The Morgan fingerprint density at radius 2 is 1.79 bits per heavy atom. The van der Waals surface area contributed by atoms with Gasteiger partial charge in [0.25, 0.3) is 5.89 Å². The number of nitrogens with one attached hydrogen (secondary N) is 1. The third-order valence-corrected chi connectivity index (χ3v) is 5.94. The number of amides is 2. The lowest BCUT2D eigenvalue weighted by molar-refractivity contribution is 0.244. The van der Waals surface area contributed by atoms with Crippen LogP contribution >= 0.6 is 11.6 Å². The molecule has 34 heavy (non-hydrogen) atoms. The molecule has 0 bridgehead atoms. The van der Waals surface area contributed by atoms with E-state index in [1.54, 1.807) is 29.2 Å². The zero-order valence-electron chi connectivity index (χ0n) is 18.4. The van der Waals surface area contributed by atoms with Gasteiger partial charge in [0.15, 0.2) is 0 Å². The predicted octanol–water partition coefficient (Wildman–Crippen LogP) is 6.54. The zero-order chi connectivity index (χ0) is 23.8. The van der Waals surface area contributed by atoms with Gasteiger partial charge in [-0.05, 0) is 61.4 Å². The SMILES string of the molecule is CC1=C(c2nc(-c3cccc(F)c3)no2)C(c2ccc(Cl)cc2)NC(=O)N1c1cccc(C)c1. The molecular formula is C26H20ClFN4O2. The second kappa shape index (κ2) is 8.76. The Hall–Kier alpha value is -3.97. The number of halogens is 2. The third kappa shape index (κ3) is 4.06. The molecule has 1 unspecified atom stereocenters. The maximum Gasteiger partial charge on any atom is 0.326 e. The van der Waals surface area contributed by atoms with Crippen molar-refractivity contribution >= 4 is 28.9 Å². The van der Waals surface area contributed by atoms with E-state index in [1.807, 2.05) is 50.2 Å². The molecule has 0 saturated heterocycles. The highest BCUT2D eigenvalue weighted by molar-refractivity contribution is 6.30. The number of benzene rings is 3. The van der Waals surface area contributed by atoms with E-state index in [0.29, 0.717) is 27.5 Å². The number of aryl methyl sites for hydroxylation is 1. The van der Waals surface area contributed by atoms with Crippen LogP contribution in [0.2, 0.25) is 5.02 Å². The number of allylic oxidation sites excluding steroid dienone is 1. The lowest BCUT2D eigenvalue weighted by Crippen LogP contribution is -2.46. The van der Waals surface area contributed by atoms with Gasteiger partial charge in [0.2, 0.25) is 5.82 Å². The average Bonchev–Trinajstić information content (AvgIpc) is 3.29. The van der Waals surface area contributed by atoms with Crippen LogP contribution in [0, 0.1) is 12.7 Å². The first-order valence-electron chi connectivity index (χ1n) is 10.6. The molecule has 3 aromatic carbocycles. The maximum absolute atomic E-state index is 13.7. The first kappa shape index (κ1) is 21.9. The van der Waals surface area contributed by atoms with Gasteiger partial charge >= 0.3 is 6.03 Å². The highest BCUT2D eigenvalue weighted by atomic mass is 35.5. The van der Waals surface area contributed by atoms with Crippen molar-refractivity contribution in [1.82, 2.24) is 15.5 Å². The van der Waals surface area contributed by atoms with Gasteiger partial charge in [-0.15, -0.1) is 0 Å². The van der Waals surface area contributed by atoms with Crippen LogP contribution in [-0.4, -0.2) is 16.2 Å². The monoisotopic (exact) mass is 474 g/mol. The Balaban J connectivity index is 1.66. The molecule has 5 rings (SSSR count). The number of urea groups is 1. The molecule has 4 aromatic rings. The van der Waals surface area contributed by atoms with Crippen molar-refractivity contribution in [2.45, 2.75) is 19.9 Å². The third-order valence-electron chi connectivity index (χ3n) is 5.69. The molecule has 0 spiro atoms. The lowest BCUT2D eigenvalue weighted by Gasteiger charge is -2.35. The summed E-state index contributed by atoms with van der Waals surface area (Å²) in [7, 11) is 0. The number of carbonyl (C=O) groups excluding carboxylic acids is 1. The van der Waals surface area contributed by atoms with Crippen molar-refractivity contribution in [3.8, 4) is 11.4 Å². The molecule has 0 fully saturated rings. The van der Waals surface area contributed by atoms with Crippen molar-refractivity contribution in [2.75, 3.05) is 4.90 Å². The molecule has 8 heteroatoms. The minimum atomic E-state index is -0.549. The number of carbonyl (C=O) groups is 1. The summed E-state index contributed by atoms with van der Waals surface area (Å²) in [5, 5.41) is 7.71. The van der Waals surface area contributed by atoms with Crippen LogP contribution in [0.4, 0.5) is 14.9 Å². The number of aromatic nitrogens is 2. The fraction of sp³-hybridized carbons (Fsp3) is 0.115. The van der Waals surface area contributed by atoms with E-state index < -0.39 is 11.9 Å². The molecule has 1 aromatic heterocycles. The van der Waals surface area contributed by atoms with Gasteiger partial charge in [-0.3, -0.25) is 4.90 Å². The molecule has 1 N–H and O–H groups in total. The quantitative estimate of drug-likeness (QED) is 0.364. The minimum absolute atomic E-state index is 0.231. The predicted molar refractivity (Wildman–Crippen MR) is 129 cm³/mol. The average molecular weight is 475 g/mol. The number of anilines is 1. The van der Waals surface area contributed by atoms with Crippen LogP contribution in [0.3, 0.4) is 0 Å². The second-order valence-corrected chi connectivity index (χ2v) is 8.48. The molecule has 1 aliphatic rings. The largest absolute Gasteiger partial charge is 0.334 e. The van der Waals surface area contributed by atoms with Gasteiger partial charge in [0.05, 0.1) is 17.3 Å². The van der Waals surface area contributed by atoms with E-state index in [2.05, 4.69) is 15.5 Å². The first-order valence-corrected chi connectivity index (χ1v) is 11.0. The number of hydrogen-bond acceptors (Lipinski definition) is 4. The van der Waals surface area contributed by atoms with Crippen LogP contribution in [0.1, 0.15) is 30.0 Å². The Morgan fingerprint density at radius 1 is 1.03 bits per heavy atom. The normalized spacial score (nSPS) is 16.1. The Bertz CT molecular complexity index is 1410. The van der Waals surface area contributed by atoms with Crippen LogP contribution in [-0.2, 0) is 0 Å². The molecule has 0 aliphatic carbocycles. The molecular weight excluding hydrogens is 455 g/mol. The van der Waals surface area contributed by atoms with Gasteiger partial charge in [0.1, 0.15) is 5.82 Å².